The van der Waals surface area contributed by atoms with Crippen molar-refractivity contribution in [3.63, 3.8) is 0 Å². The summed E-state index contributed by atoms with van der Waals surface area (Å²) in [7, 11) is 0. The van der Waals surface area contributed by atoms with Crippen LogP contribution in [0, 0.1) is 6.92 Å². The number of nitrogens with two attached hydrogens (primary N) is 1. The lowest BCUT2D eigenvalue weighted by Crippen LogP contribution is -2.06. The first-order valence-corrected chi connectivity index (χ1v) is 5.33. The number of aromatic nitrogens is 2. The van der Waals surface area contributed by atoms with E-state index < -0.39 is 5.97 Å². The Morgan fingerprint density at radius 2 is 2.11 bits per heavy atom. The van der Waals surface area contributed by atoms with Crippen molar-refractivity contribution in [2.24, 2.45) is 0 Å². The fraction of sp³-hybridized carbons (Fsp3) is 0.167. The topological polar surface area (TPSA) is 101 Å². The summed E-state index contributed by atoms with van der Waals surface area (Å²) < 4.78 is 5.46. The number of carboxylic acid groups (broad SMARTS) is 1. The fourth-order valence-corrected chi connectivity index (χ4v) is 1.53. The Hall–Kier alpha value is -2.50. The van der Waals surface area contributed by atoms with E-state index in [1.54, 1.807) is 0 Å². The molecule has 18 heavy (non-hydrogen) atoms. The summed E-state index contributed by atoms with van der Waals surface area (Å²) in [6, 6.07) is 7.45. The average Bonchev–Trinajstić information content (AvgIpc) is 2.70. The van der Waals surface area contributed by atoms with Crippen molar-refractivity contribution in [2.75, 3.05) is 5.73 Å². The predicted octanol–water partition coefficient (Wildman–Crippen LogP) is 1.58. The number of nitrogen functional groups attached to an aromatic ring is 1. The number of aryl methyl sites for hydroxylation is 1. The highest BCUT2D eigenvalue weighted by Crippen LogP contribution is 2.17. The summed E-state index contributed by atoms with van der Waals surface area (Å²) in [5, 5.41) is 15.2. The van der Waals surface area contributed by atoms with E-state index in [1.807, 2.05) is 31.2 Å². The molecule has 1 aromatic carbocycles. The lowest BCUT2D eigenvalue weighted by atomic mass is 10.2. The van der Waals surface area contributed by atoms with Crippen molar-refractivity contribution < 1.29 is 14.6 Å². The second kappa shape index (κ2) is 4.79. The average molecular weight is 247 g/mol. The molecule has 94 valence electrons. The van der Waals surface area contributed by atoms with Crippen LogP contribution in [0.3, 0.4) is 0 Å². The number of benzene rings is 1. The van der Waals surface area contributed by atoms with Crippen LogP contribution in [-0.2, 0) is 6.61 Å². The Bertz CT molecular complexity index is 560. The Kier molecular flexibility index (Phi) is 3.18. The van der Waals surface area contributed by atoms with Gasteiger partial charge in [0.15, 0.2) is 5.82 Å². The van der Waals surface area contributed by atoms with Crippen LogP contribution >= 0.6 is 0 Å². The monoisotopic (exact) mass is 247 g/mol. The Balaban J connectivity index is 2.11. The third-order valence-corrected chi connectivity index (χ3v) is 2.49. The van der Waals surface area contributed by atoms with Crippen LogP contribution in [0.1, 0.15) is 21.6 Å². The summed E-state index contributed by atoms with van der Waals surface area (Å²) in [5.74, 6) is -0.501. The number of carboxylic acids is 1. The highest BCUT2D eigenvalue weighted by molar-refractivity contribution is 5.93. The molecule has 1 heterocycles. The number of aromatic amines is 1. The third kappa shape index (κ3) is 2.42. The molecule has 6 heteroatoms. The van der Waals surface area contributed by atoms with Gasteiger partial charge >= 0.3 is 5.97 Å². The number of rotatable bonds is 4. The number of nitrogens with zero attached hydrogens (tertiary/aromatic N) is 1. The maximum atomic E-state index is 11.0. The molecule has 4 N–H and O–H groups in total. The summed E-state index contributed by atoms with van der Waals surface area (Å²) in [6.07, 6.45) is 0. The normalized spacial score (nSPS) is 10.3. The van der Waals surface area contributed by atoms with Gasteiger partial charge in [-0.25, -0.2) is 4.79 Å². The first-order chi connectivity index (χ1) is 8.58. The van der Waals surface area contributed by atoms with Crippen molar-refractivity contribution >= 4 is 11.8 Å². The van der Waals surface area contributed by atoms with E-state index >= 15 is 0 Å². The Labute approximate surface area is 103 Å². The molecule has 0 spiro atoms. The van der Waals surface area contributed by atoms with Gasteiger partial charge in [0, 0.05) is 0 Å². The van der Waals surface area contributed by atoms with E-state index in [4.69, 9.17) is 15.6 Å². The largest absolute Gasteiger partial charge is 0.487 e. The van der Waals surface area contributed by atoms with E-state index in [-0.39, 0.29) is 18.0 Å². The molecule has 0 amide bonds. The first kappa shape index (κ1) is 12.0. The molecule has 0 saturated heterocycles. The van der Waals surface area contributed by atoms with E-state index in [0.717, 1.165) is 5.56 Å². The highest BCUT2D eigenvalue weighted by atomic mass is 16.5. The SMILES string of the molecule is Cc1ccc(OCc2[nH]nc(N)c2C(=O)O)cc1. The molecule has 6 nitrogen and oxygen atoms in total. The summed E-state index contributed by atoms with van der Waals surface area (Å²) in [5.41, 5.74) is 6.88. The van der Waals surface area contributed by atoms with Crippen LogP contribution in [0.2, 0.25) is 0 Å². The molecule has 0 bridgehead atoms. The predicted molar refractivity (Wildman–Crippen MR) is 65.5 cm³/mol. The summed E-state index contributed by atoms with van der Waals surface area (Å²) >= 11 is 0. The van der Waals surface area contributed by atoms with Gasteiger partial charge < -0.3 is 15.6 Å². The molecule has 1 aromatic heterocycles. The molecular formula is C12H13N3O3. The van der Waals surface area contributed by atoms with Crippen LogP contribution in [0.5, 0.6) is 5.75 Å². The minimum Gasteiger partial charge on any atom is -0.487 e. The molecule has 0 unspecified atom stereocenters. The highest BCUT2D eigenvalue weighted by Gasteiger charge is 2.17. The van der Waals surface area contributed by atoms with Gasteiger partial charge in [-0.1, -0.05) is 17.7 Å². The number of hydrogen-bond donors (Lipinski definition) is 3. The molecular weight excluding hydrogens is 234 g/mol. The minimum atomic E-state index is -1.12. The second-order valence-corrected chi connectivity index (χ2v) is 3.87. The zero-order valence-electron chi connectivity index (χ0n) is 9.80. The lowest BCUT2D eigenvalue weighted by molar-refractivity contribution is 0.0695. The standard InChI is InChI=1S/C12H13N3O3/c1-7-2-4-8(5-3-7)18-6-9-10(12(16)17)11(13)15-14-9/h2-5H,6H2,1H3,(H,16,17)(H3,13,14,15). The van der Waals surface area contributed by atoms with Crippen LogP contribution in [0.4, 0.5) is 5.82 Å². The lowest BCUT2D eigenvalue weighted by Gasteiger charge is -2.05. The number of anilines is 1. The molecule has 0 radical (unpaired) electrons. The van der Waals surface area contributed by atoms with Crippen LogP contribution < -0.4 is 10.5 Å². The first-order valence-electron chi connectivity index (χ1n) is 5.33. The zero-order chi connectivity index (χ0) is 13.1. The van der Waals surface area contributed by atoms with Crippen molar-refractivity contribution in [1.82, 2.24) is 10.2 Å². The molecule has 0 aliphatic carbocycles. The smallest absolute Gasteiger partial charge is 0.341 e. The van der Waals surface area contributed by atoms with Gasteiger partial charge in [0.1, 0.15) is 17.9 Å². The Morgan fingerprint density at radius 3 is 2.72 bits per heavy atom. The quantitative estimate of drug-likeness (QED) is 0.761. The van der Waals surface area contributed by atoms with Gasteiger partial charge in [-0.05, 0) is 19.1 Å². The van der Waals surface area contributed by atoms with Crippen LogP contribution in [-0.4, -0.2) is 21.3 Å². The minimum absolute atomic E-state index is 0.0370. The van der Waals surface area contributed by atoms with Crippen LogP contribution in [0.25, 0.3) is 0 Å². The third-order valence-electron chi connectivity index (χ3n) is 2.49. The number of ether oxygens (including phenoxy) is 1. The summed E-state index contributed by atoms with van der Waals surface area (Å²) in [4.78, 5) is 11.0. The number of carbonyl (C=O) groups is 1. The summed E-state index contributed by atoms with van der Waals surface area (Å²) in [6.45, 7) is 2.05. The number of H-pyrrole nitrogens is 1. The maximum Gasteiger partial charge on any atom is 0.341 e. The number of nitrogens with one attached hydrogen (secondary N) is 1. The fourth-order valence-electron chi connectivity index (χ4n) is 1.53. The molecule has 2 aromatic rings. The van der Waals surface area contributed by atoms with Gasteiger partial charge in [0.05, 0.1) is 5.69 Å². The maximum absolute atomic E-state index is 11.0. The van der Waals surface area contributed by atoms with Crippen molar-refractivity contribution in [3.05, 3.63) is 41.1 Å². The number of aromatic carboxylic acids is 1. The zero-order valence-corrected chi connectivity index (χ0v) is 9.80. The molecule has 2 rings (SSSR count). The van der Waals surface area contributed by atoms with Gasteiger partial charge in [-0.2, -0.15) is 5.10 Å². The molecule has 0 aliphatic heterocycles. The number of hydrogen-bond acceptors (Lipinski definition) is 4. The van der Waals surface area contributed by atoms with E-state index in [2.05, 4.69) is 10.2 Å². The molecule has 0 aliphatic rings. The molecule has 0 atom stereocenters. The molecule has 0 fully saturated rings. The van der Waals surface area contributed by atoms with Crippen LogP contribution in [0.15, 0.2) is 24.3 Å². The van der Waals surface area contributed by atoms with Crippen molar-refractivity contribution in [3.8, 4) is 5.75 Å². The van der Waals surface area contributed by atoms with Gasteiger partial charge in [-0.3, -0.25) is 5.10 Å². The second-order valence-electron chi connectivity index (χ2n) is 3.87. The van der Waals surface area contributed by atoms with Gasteiger partial charge in [0.2, 0.25) is 0 Å². The van der Waals surface area contributed by atoms with Crippen molar-refractivity contribution in [1.29, 1.82) is 0 Å². The Morgan fingerprint density at radius 1 is 1.44 bits per heavy atom. The van der Waals surface area contributed by atoms with Gasteiger partial charge in [0.25, 0.3) is 0 Å². The van der Waals surface area contributed by atoms with E-state index in [0.29, 0.717) is 11.4 Å². The van der Waals surface area contributed by atoms with E-state index in [9.17, 15) is 4.79 Å². The van der Waals surface area contributed by atoms with Crippen molar-refractivity contribution in [2.45, 2.75) is 13.5 Å². The van der Waals surface area contributed by atoms with E-state index in [1.165, 1.54) is 0 Å². The molecule has 0 saturated carbocycles. The van der Waals surface area contributed by atoms with Gasteiger partial charge in [-0.15, -0.1) is 0 Å².